The summed E-state index contributed by atoms with van der Waals surface area (Å²) in [7, 11) is 0. The summed E-state index contributed by atoms with van der Waals surface area (Å²) in [5.74, 6) is -0.0379. The zero-order chi connectivity index (χ0) is 50.3. The molecule has 5 aliphatic rings. The largest absolute Gasteiger partial charge is 0.352 e. The fourth-order valence-electron chi connectivity index (χ4n) is 11.4. The molecule has 7 heterocycles. The van der Waals surface area contributed by atoms with E-state index in [1.165, 1.54) is 6.07 Å². The Hall–Kier alpha value is -6.47. The van der Waals surface area contributed by atoms with Crippen molar-refractivity contribution in [2.75, 3.05) is 111 Å². The monoisotopic (exact) mass is 995 g/mol. The van der Waals surface area contributed by atoms with Gasteiger partial charge in [0.05, 0.1) is 35.4 Å². The minimum atomic E-state index is -0.594. The van der Waals surface area contributed by atoms with Crippen molar-refractivity contribution in [3.8, 4) is 0 Å². The van der Waals surface area contributed by atoms with Crippen molar-refractivity contribution in [1.82, 2.24) is 59.8 Å². The van der Waals surface area contributed by atoms with E-state index in [1.54, 1.807) is 35.5 Å². The summed E-state index contributed by atoms with van der Waals surface area (Å²) in [4.78, 5) is 89.2. The van der Waals surface area contributed by atoms with E-state index in [-0.39, 0.29) is 34.8 Å². The summed E-state index contributed by atoms with van der Waals surface area (Å²) in [6.45, 7) is 13.5. The highest BCUT2D eigenvalue weighted by Crippen LogP contribution is 2.29. The van der Waals surface area contributed by atoms with Gasteiger partial charge in [-0.15, -0.1) is 0 Å². The Labute approximate surface area is 425 Å². The average Bonchev–Trinajstić information content (AvgIpc) is 3.84. The molecule has 4 saturated heterocycles. The Kier molecular flexibility index (Phi) is 15.9. The van der Waals surface area contributed by atoms with Crippen LogP contribution in [-0.2, 0) is 29.1 Å². The van der Waals surface area contributed by atoms with Gasteiger partial charge < -0.3 is 29.8 Å². The number of nitrogens with zero attached hydrogens (tertiary/aromatic N) is 10. The van der Waals surface area contributed by atoms with Crippen LogP contribution in [0.5, 0.6) is 0 Å². The van der Waals surface area contributed by atoms with E-state index in [0.29, 0.717) is 105 Å². The van der Waals surface area contributed by atoms with E-state index in [0.717, 1.165) is 108 Å². The zero-order valence-electron chi connectivity index (χ0n) is 41.7. The van der Waals surface area contributed by atoms with Crippen molar-refractivity contribution in [3.05, 3.63) is 135 Å². The summed E-state index contributed by atoms with van der Waals surface area (Å²) < 4.78 is 15.1. The molecule has 0 radical (unpaired) electrons. The molecule has 0 spiro atoms. The third kappa shape index (κ3) is 12.3. The number of aromatic nitrogens is 4. The molecular formula is C55H67FN12O5. The lowest BCUT2D eigenvalue weighted by Gasteiger charge is -2.39. The van der Waals surface area contributed by atoms with Gasteiger partial charge in [0.25, 0.3) is 17.4 Å². The molecule has 4 fully saturated rings. The molecule has 73 heavy (non-hydrogen) atoms. The molecule has 18 heteroatoms. The van der Waals surface area contributed by atoms with Crippen LogP contribution in [0.1, 0.15) is 86.8 Å². The first kappa shape index (κ1) is 50.1. The van der Waals surface area contributed by atoms with Gasteiger partial charge in [0.1, 0.15) is 12.1 Å². The predicted octanol–water partition coefficient (Wildman–Crippen LogP) is 3.60. The van der Waals surface area contributed by atoms with Gasteiger partial charge in [0.15, 0.2) is 0 Å². The Balaban J connectivity index is 0.588. The molecular weight excluding hydrogens is 928 g/mol. The quantitative estimate of drug-likeness (QED) is 0.146. The molecule has 4 amide bonds. The van der Waals surface area contributed by atoms with Gasteiger partial charge in [-0.05, 0) is 99.1 Å². The summed E-state index contributed by atoms with van der Waals surface area (Å²) in [5.41, 5.74) is 4.93. The average molecular weight is 995 g/mol. The number of benzene rings is 3. The molecule has 10 rings (SSSR count). The van der Waals surface area contributed by atoms with Crippen LogP contribution in [0.15, 0.2) is 84.0 Å². The van der Waals surface area contributed by atoms with E-state index < -0.39 is 11.7 Å². The van der Waals surface area contributed by atoms with Gasteiger partial charge in [-0.1, -0.05) is 36.4 Å². The first-order valence-corrected chi connectivity index (χ1v) is 26.2. The number of carbonyl (C=O) groups excluding carboxylic acids is 4. The molecule has 0 saturated carbocycles. The van der Waals surface area contributed by atoms with E-state index >= 15 is 4.39 Å². The number of aromatic amines is 1. The van der Waals surface area contributed by atoms with Crippen molar-refractivity contribution in [1.29, 1.82) is 0 Å². The number of piperazine rings is 2. The van der Waals surface area contributed by atoms with Crippen molar-refractivity contribution in [2.45, 2.75) is 57.5 Å². The summed E-state index contributed by atoms with van der Waals surface area (Å²) in [6.07, 6.45) is 8.66. The van der Waals surface area contributed by atoms with Crippen LogP contribution in [0, 0.1) is 11.7 Å². The second-order valence-corrected chi connectivity index (χ2v) is 20.6. The second kappa shape index (κ2) is 23.2. The van der Waals surface area contributed by atoms with E-state index in [2.05, 4.69) is 51.1 Å². The molecule has 1 atom stereocenters. The van der Waals surface area contributed by atoms with Gasteiger partial charge in [-0.3, -0.25) is 33.8 Å². The predicted molar refractivity (Wildman–Crippen MR) is 274 cm³/mol. The second-order valence-electron chi connectivity index (χ2n) is 20.6. The number of halogens is 1. The first-order chi connectivity index (χ1) is 35.6. The lowest BCUT2D eigenvalue weighted by Crippen LogP contribution is -2.53. The number of amides is 4. The maximum atomic E-state index is 15.1. The smallest absolute Gasteiger partial charge is 0.272 e. The van der Waals surface area contributed by atoms with Crippen LogP contribution in [0.4, 0.5) is 4.39 Å². The van der Waals surface area contributed by atoms with E-state index in [1.807, 2.05) is 46.3 Å². The maximum Gasteiger partial charge on any atom is 0.272 e. The number of fused-ring (bicyclic) bond motifs is 2. The van der Waals surface area contributed by atoms with E-state index in [9.17, 15) is 24.0 Å². The highest BCUT2D eigenvalue weighted by molar-refractivity contribution is 5.95. The Morgan fingerprint density at radius 1 is 0.726 bits per heavy atom. The molecule has 2 aromatic heterocycles. The van der Waals surface area contributed by atoms with Crippen molar-refractivity contribution >= 4 is 34.4 Å². The number of likely N-dealkylation sites (tertiary alicyclic amines) is 2. The van der Waals surface area contributed by atoms with Crippen LogP contribution in [0.2, 0.25) is 0 Å². The Morgan fingerprint density at radius 2 is 1.48 bits per heavy atom. The maximum absolute atomic E-state index is 15.1. The van der Waals surface area contributed by atoms with Crippen LogP contribution < -0.4 is 10.9 Å². The zero-order valence-corrected chi connectivity index (χ0v) is 41.7. The first-order valence-electron chi connectivity index (χ1n) is 26.2. The molecule has 0 bridgehead atoms. The number of rotatable bonds is 15. The molecule has 0 aliphatic carbocycles. The highest BCUT2D eigenvalue weighted by Gasteiger charge is 2.31. The fraction of sp³-hybridized carbons (Fsp3) is 0.491. The standard InChI is InChI=1S/C55H67FN12O5/c56-48-12-11-40(29-49-45-9-1-2-10-46(45)54(72)61-60-49)28-47(48)55(73)67-26-24-66(25-27-67)51(69)36-63-18-13-39(14-19-63)32-64-22-20-62(21-23-64)16-5-15-58-53(71)42-7-3-6-41(30-42)43-8-4-17-68(34-43)52(70)37-65-33-44-31-57-38-59-50(44)35-65/h1-3,6-7,9-12,28,30-31,38-39,43H,4-5,8,13-27,29,32-37H2,(H,58,71)(H,61,72)/t43-/m0/s1. The number of H-pyrrole nitrogens is 1. The van der Waals surface area contributed by atoms with Gasteiger partial charge in [-0.25, -0.2) is 19.5 Å². The van der Waals surface area contributed by atoms with Crippen molar-refractivity contribution in [3.63, 3.8) is 0 Å². The normalized spacial score (nSPS) is 19.6. The van der Waals surface area contributed by atoms with Gasteiger partial charge >= 0.3 is 0 Å². The fourth-order valence-corrected chi connectivity index (χ4v) is 11.4. The molecule has 2 N–H and O–H groups in total. The van der Waals surface area contributed by atoms with Gasteiger partial charge in [-0.2, -0.15) is 5.10 Å². The number of piperidine rings is 2. The molecule has 5 aromatic rings. The van der Waals surface area contributed by atoms with Gasteiger partial charge in [0, 0.05) is 127 Å². The third-order valence-corrected chi connectivity index (χ3v) is 15.7. The summed E-state index contributed by atoms with van der Waals surface area (Å²) in [5, 5.41) is 11.2. The number of carbonyl (C=O) groups is 4. The minimum Gasteiger partial charge on any atom is -0.352 e. The number of hydrogen-bond donors (Lipinski definition) is 2. The topological polar surface area (TPSA) is 175 Å². The lowest BCUT2D eigenvalue weighted by molar-refractivity contribution is -0.134. The van der Waals surface area contributed by atoms with Crippen LogP contribution in [-0.4, -0.2) is 189 Å². The van der Waals surface area contributed by atoms with Crippen molar-refractivity contribution in [2.24, 2.45) is 5.92 Å². The third-order valence-electron chi connectivity index (χ3n) is 15.7. The van der Waals surface area contributed by atoms with Crippen LogP contribution in [0.3, 0.4) is 0 Å². The Bertz CT molecular complexity index is 2810. The molecule has 0 unspecified atom stereocenters. The lowest BCUT2D eigenvalue weighted by atomic mass is 9.89. The molecule has 5 aliphatic heterocycles. The SMILES string of the molecule is O=C(NCCCN1CCN(CC2CCN(CC(=O)N3CCN(C(=O)c4cc(Cc5n[nH]c(=O)c6ccccc56)ccc4F)CC3)CC2)CC1)c1cccc([C@H]2CCCN(C(=O)CN3Cc4cncnc4C3)C2)c1. The Morgan fingerprint density at radius 3 is 2.29 bits per heavy atom. The van der Waals surface area contributed by atoms with Gasteiger partial charge in [0.2, 0.25) is 11.8 Å². The van der Waals surface area contributed by atoms with Crippen LogP contribution in [0.25, 0.3) is 10.8 Å². The van der Waals surface area contributed by atoms with Crippen LogP contribution >= 0.6 is 0 Å². The number of nitrogens with one attached hydrogen (secondary N) is 2. The van der Waals surface area contributed by atoms with E-state index in [4.69, 9.17) is 0 Å². The highest BCUT2D eigenvalue weighted by atomic mass is 19.1. The van der Waals surface area contributed by atoms with Crippen molar-refractivity contribution < 1.29 is 23.6 Å². The summed E-state index contributed by atoms with van der Waals surface area (Å²) >= 11 is 0. The molecule has 17 nitrogen and oxygen atoms in total. The molecule has 384 valence electrons. The molecule has 3 aromatic carbocycles. The minimum absolute atomic E-state index is 0.00969. The summed E-state index contributed by atoms with van der Waals surface area (Å²) in [6, 6.07) is 19.6. The number of hydrogen-bond acceptors (Lipinski definition) is 12.